The molecule has 0 radical (unpaired) electrons. The second-order valence-electron chi connectivity index (χ2n) is 7.32. The first-order valence-corrected chi connectivity index (χ1v) is 9.74. The van der Waals surface area contributed by atoms with Gasteiger partial charge >= 0.3 is 0 Å². The molecular weight excluding hydrogens is 390 g/mol. The number of fused-ring (bicyclic) bond motifs is 8. The highest BCUT2D eigenvalue weighted by Gasteiger charge is 2.25. The average molecular weight is 410 g/mol. The molecule has 148 valence electrons. The van der Waals surface area contributed by atoms with Crippen LogP contribution >= 0.6 is 0 Å². The molecule has 0 amide bonds. The molecule has 6 heteroatoms. The first-order chi connectivity index (χ1) is 13.8. The Kier molecular flexibility index (Phi) is 4.28. The van der Waals surface area contributed by atoms with Gasteiger partial charge in [-0.1, -0.05) is 19.4 Å². The molecule has 0 N–H and O–H groups in total. The van der Waals surface area contributed by atoms with Gasteiger partial charge in [0, 0.05) is 11.8 Å². The van der Waals surface area contributed by atoms with Gasteiger partial charge in [-0.3, -0.25) is 0 Å². The zero-order valence-electron chi connectivity index (χ0n) is 16.0. The zero-order valence-corrected chi connectivity index (χ0v) is 16.8. The van der Waals surface area contributed by atoms with E-state index >= 15 is 0 Å². The fourth-order valence-electron chi connectivity index (χ4n) is 4.31. The summed E-state index contributed by atoms with van der Waals surface area (Å²) in [6.07, 6.45) is 4.46. The molecule has 2 aliphatic heterocycles. The van der Waals surface area contributed by atoms with Gasteiger partial charge in [0.25, 0.3) is 0 Å². The molecule has 29 heavy (non-hydrogen) atoms. The number of halogens is 1. The van der Waals surface area contributed by atoms with Gasteiger partial charge in [0.15, 0.2) is 29.2 Å². The number of unbranched alkanes of at least 4 members (excludes halogenated alkanes) is 1. The molecule has 0 fully saturated rings. The highest BCUT2D eigenvalue weighted by molar-refractivity contribution is 6.15. The van der Waals surface area contributed by atoms with E-state index in [-0.39, 0.29) is 26.0 Å². The molecule has 0 saturated carbocycles. The fourth-order valence-corrected chi connectivity index (χ4v) is 4.31. The lowest BCUT2D eigenvalue weighted by atomic mass is 9.99. The van der Waals surface area contributed by atoms with Crippen LogP contribution in [0.2, 0.25) is 0 Å². The van der Waals surface area contributed by atoms with E-state index in [1.807, 2.05) is 6.07 Å². The van der Waals surface area contributed by atoms with Crippen LogP contribution in [0.4, 0.5) is 0 Å². The van der Waals surface area contributed by atoms with Gasteiger partial charge in [-0.2, -0.15) is 4.57 Å². The second-order valence-corrected chi connectivity index (χ2v) is 7.32. The molecule has 1 aromatic heterocycles. The van der Waals surface area contributed by atoms with Crippen LogP contribution in [0, 0.1) is 0 Å². The third-order valence-corrected chi connectivity index (χ3v) is 5.68. The van der Waals surface area contributed by atoms with Crippen molar-refractivity contribution in [3.8, 4) is 23.0 Å². The first kappa shape index (κ1) is 18.1. The van der Waals surface area contributed by atoms with E-state index in [1.54, 1.807) is 0 Å². The number of rotatable bonds is 3. The Morgan fingerprint density at radius 2 is 1.55 bits per heavy atom. The summed E-state index contributed by atoms with van der Waals surface area (Å²) in [7, 11) is 0. The number of hydrogen-bond acceptors (Lipinski definition) is 4. The van der Waals surface area contributed by atoms with Crippen LogP contribution in [0.3, 0.4) is 0 Å². The smallest absolute Gasteiger partial charge is 0.231 e. The van der Waals surface area contributed by atoms with E-state index in [9.17, 15) is 0 Å². The quantitative estimate of drug-likeness (QED) is 0.381. The topological polar surface area (TPSA) is 40.8 Å². The maximum atomic E-state index is 5.80. The van der Waals surface area contributed by atoms with Crippen LogP contribution in [0.1, 0.15) is 19.8 Å². The summed E-state index contributed by atoms with van der Waals surface area (Å²) >= 11 is 0. The summed E-state index contributed by atoms with van der Waals surface area (Å²) in [5.74, 6) is 3.29. The third-order valence-electron chi connectivity index (χ3n) is 5.68. The van der Waals surface area contributed by atoms with Gasteiger partial charge in [-0.15, -0.1) is 0 Å². The van der Waals surface area contributed by atoms with Crippen LogP contribution in [0.5, 0.6) is 23.0 Å². The van der Waals surface area contributed by atoms with Gasteiger partial charge in [0.1, 0.15) is 6.54 Å². The molecule has 5 nitrogen and oxygen atoms in total. The van der Waals surface area contributed by atoms with E-state index in [0.717, 1.165) is 53.2 Å². The Morgan fingerprint density at radius 3 is 2.41 bits per heavy atom. The highest BCUT2D eigenvalue weighted by Crippen LogP contribution is 2.43. The number of ether oxygens (including phenoxy) is 4. The van der Waals surface area contributed by atoms with Crippen LogP contribution in [0.25, 0.3) is 32.4 Å². The number of hydrogen-bond donors (Lipinski definition) is 0. The van der Waals surface area contributed by atoms with Crippen molar-refractivity contribution >= 4 is 32.4 Å². The monoisotopic (exact) mass is 409 g/mol. The Morgan fingerprint density at radius 1 is 0.793 bits per heavy atom. The van der Waals surface area contributed by atoms with Crippen LogP contribution in [-0.2, 0) is 6.54 Å². The van der Waals surface area contributed by atoms with Crippen LogP contribution in [0.15, 0.2) is 42.6 Å². The summed E-state index contributed by atoms with van der Waals surface area (Å²) < 4.78 is 25.0. The Hall–Kier alpha value is -2.92. The van der Waals surface area contributed by atoms with E-state index in [0.29, 0.717) is 0 Å². The first-order valence-electron chi connectivity index (χ1n) is 9.74. The molecule has 6 rings (SSSR count). The SMILES string of the molecule is CCCC[n+]1cc2c3c(ccc2c2ccc4cc5c(cc4c21)OCO5)OCO3.[Cl-]. The standard InChI is InChI=1S/C23H20NO4.ClH/c1-2-3-8-24-11-18-15(6-7-19-23(18)28-13-25-19)16-5-4-14-9-20-21(27-12-26-20)10-17(14)22(16)24;/h4-7,9-11H,2-3,8,12-13H2,1H3;1H/q+1;/p-1. The van der Waals surface area contributed by atoms with Crippen molar-refractivity contribution in [1.29, 1.82) is 0 Å². The number of pyridine rings is 1. The molecule has 0 saturated heterocycles. The zero-order chi connectivity index (χ0) is 18.7. The number of aryl methyl sites for hydroxylation is 1. The lowest BCUT2D eigenvalue weighted by molar-refractivity contribution is -0.669. The van der Waals surface area contributed by atoms with Gasteiger partial charge < -0.3 is 31.4 Å². The largest absolute Gasteiger partial charge is 1.00 e. The minimum atomic E-state index is 0. The van der Waals surface area contributed by atoms with Crippen molar-refractivity contribution in [1.82, 2.24) is 0 Å². The molecule has 2 aliphatic rings. The lowest BCUT2D eigenvalue weighted by Crippen LogP contribution is -3.00. The Labute approximate surface area is 174 Å². The highest BCUT2D eigenvalue weighted by atomic mass is 35.5. The Bertz CT molecular complexity index is 1270. The molecule has 0 spiro atoms. The van der Waals surface area contributed by atoms with E-state index < -0.39 is 0 Å². The predicted molar refractivity (Wildman–Crippen MR) is 106 cm³/mol. The maximum absolute atomic E-state index is 5.80. The summed E-state index contributed by atoms with van der Waals surface area (Å²) in [6.45, 7) is 3.73. The van der Waals surface area contributed by atoms with E-state index in [1.165, 1.54) is 21.7 Å². The van der Waals surface area contributed by atoms with Gasteiger partial charge in [0.2, 0.25) is 19.1 Å². The van der Waals surface area contributed by atoms with Crippen molar-refractivity contribution in [2.24, 2.45) is 0 Å². The number of benzene rings is 3. The summed E-state index contributed by atoms with van der Waals surface area (Å²) in [4.78, 5) is 0. The molecule has 0 unspecified atom stereocenters. The van der Waals surface area contributed by atoms with E-state index in [2.05, 4.69) is 48.0 Å². The molecule has 3 heterocycles. The number of nitrogens with zero attached hydrogens (tertiary/aromatic N) is 1. The Balaban J connectivity index is 0.00000181. The summed E-state index contributed by atoms with van der Waals surface area (Å²) in [6, 6.07) is 12.7. The van der Waals surface area contributed by atoms with Gasteiger partial charge in [-0.05, 0) is 35.7 Å². The fraction of sp³-hybridized carbons (Fsp3) is 0.261. The summed E-state index contributed by atoms with van der Waals surface area (Å²) in [5, 5.41) is 5.81. The predicted octanol–water partition coefficient (Wildman–Crippen LogP) is 1.70. The van der Waals surface area contributed by atoms with Gasteiger partial charge in [-0.25, -0.2) is 0 Å². The lowest BCUT2D eigenvalue weighted by Gasteiger charge is -2.10. The maximum Gasteiger partial charge on any atom is 0.231 e. The molecule has 0 bridgehead atoms. The third kappa shape index (κ3) is 2.64. The summed E-state index contributed by atoms with van der Waals surface area (Å²) in [5.41, 5.74) is 1.22. The minimum absolute atomic E-state index is 0. The van der Waals surface area contributed by atoms with Crippen molar-refractivity contribution in [2.45, 2.75) is 26.3 Å². The van der Waals surface area contributed by atoms with Crippen molar-refractivity contribution < 1.29 is 35.9 Å². The van der Waals surface area contributed by atoms with Crippen molar-refractivity contribution in [3.05, 3.63) is 42.6 Å². The van der Waals surface area contributed by atoms with Gasteiger partial charge in [0.05, 0.1) is 16.2 Å². The molecule has 0 aliphatic carbocycles. The normalized spacial score (nSPS) is 14.0. The van der Waals surface area contributed by atoms with E-state index in [4.69, 9.17) is 18.9 Å². The van der Waals surface area contributed by atoms with Crippen molar-refractivity contribution in [2.75, 3.05) is 13.6 Å². The molecule has 0 atom stereocenters. The number of aromatic nitrogens is 1. The molecule has 3 aromatic carbocycles. The molecule has 4 aromatic rings. The minimum Gasteiger partial charge on any atom is -1.00 e. The molecular formula is C23H20ClNO4. The van der Waals surface area contributed by atoms with Crippen LogP contribution < -0.4 is 35.9 Å². The second kappa shape index (κ2) is 6.85. The van der Waals surface area contributed by atoms with Crippen LogP contribution in [-0.4, -0.2) is 13.6 Å². The van der Waals surface area contributed by atoms with Crippen molar-refractivity contribution in [3.63, 3.8) is 0 Å². The average Bonchev–Trinajstić information content (AvgIpc) is 3.38.